The molecule has 4 heteroatoms. The maximum absolute atomic E-state index is 11.3. The zero-order valence-electron chi connectivity index (χ0n) is 9.46. The second-order valence-electron chi connectivity index (χ2n) is 3.35. The number of carbonyl (C=O) groups excluding carboxylic acids is 1. The molecule has 0 fully saturated rings. The van der Waals surface area contributed by atoms with E-state index in [4.69, 9.17) is 4.74 Å². The monoisotopic (exact) mass is 286 g/mol. The summed E-state index contributed by atoms with van der Waals surface area (Å²) in [7, 11) is 1.37. The molecule has 0 bridgehead atoms. The van der Waals surface area contributed by atoms with Crippen molar-refractivity contribution in [2.24, 2.45) is 0 Å². The topological polar surface area (TPSA) is 35.5 Å². The number of hydrogen-bond donors (Lipinski definition) is 0. The third kappa shape index (κ3) is 3.61. The van der Waals surface area contributed by atoms with Crippen LogP contribution in [-0.2, 0) is 16.1 Å². The summed E-state index contributed by atoms with van der Waals surface area (Å²) >= 11 is 3.41. The first-order valence-corrected chi connectivity index (χ1v) is 5.92. The lowest BCUT2D eigenvalue weighted by molar-refractivity contribution is 0.0600. The molecular weight excluding hydrogens is 272 g/mol. The molecule has 0 aliphatic rings. The zero-order valence-corrected chi connectivity index (χ0v) is 11.0. The lowest BCUT2D eigenvalue weighted by atomic mass is 10.1. The third-order valence-corrected chi connectivity index (χ3v) is 2.82. The van der Waals surface area contributed by atoms with Gasteiger partial charge in [-0.05, 0) is 24.1 Å². The van der Waals surface area contributed by atoms with Gasteiger partial charge in [-0.1, -0.05) is 28.9 Å². The molecule has 0 unspecified atom stereocenters. The van der Waals surface area contributed by atoms with Gasteiger partial charge in [-0.25, -0.2) is 4.79 Å². The number of ether oxygens (including phenoxy) is 2. The van der Waals surface area contributed by atoms with Crippen molar-refractivity contribution < 1.29 is 14.3 Å². The lowest BCUT2D eigenvalue weighted by Gasteiger charge is -2.07. The van der Waals surface area contributed by atoms with Crippen LogP contribution < -0.4 is 0 Å². The number of rotatable bonds is 5. The largest absolute Gasteiger partial charge is 0.465 e. The second-order valence-corrected chi connectivity index (χ2v) is 4.20. The van der Waals surface area contributed by atoms with Crippen LogP contribution in [0.15, 0.2) is 22.7 Å². The van der Waals surface area contributed by atoms with Crippen LogP contribution in [-0.4, -0.2) is 19.7 Å². The summed E-state index contributed by atoms with van der Waals surface area (Å²) in [6.07, 6.45) is 0.998. The van der Waals surface area contributed by atoms with E-state index >= 15 is 0 Å². The SMILES string of the molecule is CCCOCc1ccc(C(=O)OC)cc1Br. The molecular formula is C12H15BrO3. The molecule has 0 heterocycles. The van der Waals surface area contributed by atoms with Crippen LogP contribution >= 0.6 is 15.9 Å². The van der Waals surface area contributed by atoms with Crippen molar-refractivity contribution in [1.29, 1.82) is 0 Å². The van der Waals surface area contributed by atoms with Crippen LogP contribution in [0.5, 0.6) is 0 Å². The average Bonchev–Trinajstić information content (AvgIpc) is 2.30. The number of carbonyl (C=O) groups is 1. The van der Waals surface area contributed by atoms with E-state index in [2.05, 4.69) is 27.6 Å². The van der Waals surface area contributed by atoms with Crippen molar-refractivity contribution in [3.05, 3.63) is 33.8 Å². The van der Waals surface area contributed by atoms with Crippen molar-refractivity contribution in [2.75, 3.05) is 13.7 Å². The van der Waals surface area contributed by atoms with Crippen molar-refractivity contribution in [3.8, 4) is 0 Å². The molecule has 0 atom stereocenters. The van der Waals surface area contributed by atoms with E-state index in [0.717, 1.165) is 23.1 Å². The van der Waals surface area contributed by atoms with Crippen molar-refractivity contribution in [2.45, 2.75) is 20.0 Å². The summed E-state index contributed by atoms with van der Waals surface area (Å²) in [6.45, 7) is 3.36. The van der Waals surface area contributed by atoms with Gasteiger partial charge in [0, 0.05) is 11.1 Å². The van der Waals surface area contributed by atoms with Gasteiger partial charge >= 0.3 is 5.97 Å². The Kier molecular flexibility index (Phi) is 5.49. The van der Waals surface area contributed by atoms with Gasteiger partial charge in [0.05, 0.1) is 19.3 Å². The molecule has 0 radical (unpaired) electrons. The Morgan fingerprint density at radius 1 is 1.44 bits per heavy atom. The van der Waals surface area contributed by atoms with Gasteiger partial charge in [0.1, 0.15) is 0 Å². The molecule has 0 aromatic heterocycles. The van der Waals surface area contributed by atoms with Crippen LogP contribution in [0.2, 0.25) is 0 Å². The predicted octanol–water partition coefficient (Wildman–Crippen LogP) is 3.16. The van der Waals surface area contributed by atoms with E-state index in [1.165, 1.54) is 7.11 Å². The molecule has 1 rings (SSSR count). The Hall–Kier alpha value is -0.870. The lowest BCUT2D eigenvalue weighted by Crippen LogP contribution is -2.02. The predicted molar refractivity (Wildman–Crippen MR) is 65.4 cm³/mol. The molecule has 0 spiro atoms. The number of methoxy groups -OCH3 is 1. The summed E-state index contributed by atoms with van der Waals surface area (Å²) in [4.78, 5) is 11.3. The first-order valence-electron chi connectivity index (χ1n) is 5.13. The molecule has 3 nitrogen and oxygen atoms in total. The fraction of sp³-hybridized carbons (Fsp3) is 0.417. The Morgan fingerprint density at radius 2 is 2.19 bits per heavy atom. The summed E-state index contributed by atoms with van der Waals surface area (Å²) in [5.74, 6) is -0.332. The minimum absolute atomic E-state index is 0.332. The highest BCUT2D eigenvalue weighted by molar-refractivity contribution is 9.10. The summed E-state index contributed by atoms with van der Waals surface area (Å²) < 4.78 is 10.9. The summed E-state index contributed by atoms with van der Waals surface area (Å²) in [5.41, 5.74) is 1.56. The van der Waals surface area contributed by atoms with Gasteiger partial charge in [0.2, 0.25) is 0 Å². The molecule has 0 saturated heterocycles. The molecule has 0 aliphatic carbocycles. The molecule has 16 heavy (non-hydrogen) atoms. The van der Waals surface area contributed by atoms with Gasteiger partial charge in [-0.15, -0.1) is 0 Å². The molecule has 88 valence electrons. The van der Waals surface area contributed by atoms with Crippen LogP contribution in [0.3, 0.4) is 0 Å². The average molecular weight is 287 g/mol. The van der Waals surface area contributed by atoms with Crippen LogP contribution in [0, 0.1) is 0 Å². The third-order valence-electron chi connectivity index (χ3n) is 2.08. The van der Waals surface area contributed by atoms with Crippen LogP contribution in [0.4, 0.5) is 0 Å². The molecule has 0 N–H and O–H groups in total. The van der Waals surface area contributed by atoms with Gasteiger partial charge < -0.3 is 9.47 Å². The Labute approximate surface area is 104 Å². The molecule has 1 aromatic rings. The Balaban J connectivity index is 2.71. The highest BCUT2D eigenvalue weighted by atomic mass is 79.9. The first kappa shape index (κ1) is 13.2. The molecule has 0 aliphatic heterocycles. The van der Waals surface area contributed by atoms with Gasteiger partial charge in [-0.3, -0.25) is 0 Å². The number of hydrogen-bond acceptors (Lipinski definition) is 3. The smallest absolute Gasteiger partial charge is 0.337 e. The normalized spacial score (nSPS) is 10.2. The molecule has 0 saturated carbocycles. The second kappa shape index (κ2) is 6.66. The van der Waals surface area contributed by atoms with Gasteiger partial charge in [-0.2, -0.15) is 0 Å². The Morgan fingerprint density at radius 3 is 2.75 bits per heavy atom. The highest BCUT2D eigenvalue weighted by Crippen LogP contribution is 2.20. The zero-order chi connectivity index (χ0) is 12.0. The van der Waals surface area contributed by atoms with E-state index in [9.17, 15) is 4.79 Å². The summed E-state index contributed by atoms with van der Waals surface area (Å²) in [5, 5.41) is 0. The van der Waals surface area contributed by atoms with Crippen molar-refractivity contribution >= 4 is 21.9 Å². The Bertz CT molecular complexity index is 363. The highest BCUT2D eigenvalue weighted by Gasteiger charge is 2.08. The number of esters is 1. The first-order chi connectivity index (χ1) is 7.69. The van der Waals surface area contributed by atoms with E-state index in [1.54, 1.807) is 12.1 Å². The minimum atomic E-state index is -0.332. The molecule has 0 amide bonds. The van der Waals surface area contributed by atoms with E-state index in [1.807, 2.05) is 6.07 Å². The standard InChI is InChI=1S/C12H15BrO3/c1-3-6-16-8-10-5-4-9(7-11(10)13)12(14)15-2/h4-5,7H,3,6,8H2,1-2H3. The van der Waals surface area contributed by atoms with Gasteiger partial charge in [0.25, 0.3) is 0 Å². The number of halogens is 1. The quantitative estimate of drug-likeness (QED) is 0.616. The maximum Gasteiger partial charge on any atom is 0.337 e. The summed E-state index contributed by atoms with van der Waals surface area (Å²) in [6, 6.07) is 5.35. The van der Waals surface area contributed by atoms with Crippen molar-refractivity contribution in [3.63, 3.8) is 0 Å². The van der Waals surface area contributed by atoms with E-state index in [-0.39, 0.29) is 5.97 Å². The van der Waals surface area contributed by atoms with E-state index in [0.29, 0.717) is 12.2 Å². The minimum Gasteiger partial charge on any atom is -0.465 e. The van der Waals surface area contributed by atoms with E-state index < -0.39 is 0 Å². The fourth-order valence-electron chi connectivity index (χ4n) is 1.24. The fourth-order valence-corrected chi connectivity index (χ4v) is 1.73. The maximum atomic E-state index is 11.3. The van der Waals surface area contributed by atoms with Gasteiger partial charge in [0.15, 0.2) is 0 Å². The van der Waals surface area contributed by atoms with Crippen LogP contribution in [0.25, 0.3) is 0 Å². The molecule has 1 aromatic carbocycles. The van der Waals surface area contributed by atoms with Crippen molar-refractivity contribution in [1.82, 2.24) is 0 Å². The number of benzene rings is 1. The van der Waals surface area contributed by atoms with Crippen LogP contribution in [0.1, 0.15) is 29.3 Å².